The summed E-state index contributed by atoms with van der Waals surface area (Å²) in [5.41, 5.74) is 3.05. The normalized spacial score (nSPS) is 11.5. The molecule has 14 heavy (non-hydrogen) atoms. The van der Waals surface area contributed by atoms with Gasteiger partial charge < -0.3 is 9.57 Å². The van der Waals surface area contributed by atoms with Crippen LogP contribution in [0.2, 0.25) is 0 Å². The Labute approximate surface area is 84.3 Å². The Hall–Kier alpha value is -1.35. The van der Waals surface area contributed by atoms with Crippen LogP contribution in [0.25, 0.3) is 0 Å². The van der Waals surface area contributed by atoms with Gasteiger partial charge in [0.15, 0.2) is 0 Å². The van der Waals surface area contributed by atoms with E-state index in [9.17, 15) is 0 Å². The Kier molecular flexibility index (Phi) is 4.13. The molecule has 0 aromatic heterocycles. The first-order valence-corrected chi connectivity index (χ1v) is 4.44. The van der Waals surface area contributed by atoms with Gasteiger partial charge in [-0.25, -0.2) is 0 Å². The van der Waals surface area contributed by atoms with Crippen LogP contribution in [0.15, 0.2) is 29.4 Å². The van der Waals surface area contributed by atoms with E-state index < -0.39 is 0 Å². The lowest BCUT2D eigenvalue weighted by Gasteiger charge is -2.07. The minimum Gasteiger partial charge on any atom is -0.399 e. The molecule has 0 aliphatic rings. The summed E-state index contributed by atoms with van der Waals surface area (Å²) >= 11 is 0. The van der Waals surface area contributed by atoms with Gasteiger partial charge in [-0.2, -0.15) is 0 Å². The van der Waals surface area contributed by atoms with E-state index in [4.69, 9.17) is 9.57 Å². The number of hydrogen-bond acceptors (Lipinski definition) is 3. The van der Waals surface area contributed by atoms with E-state index in [0.717, 1.165) is 16.8 Å². The third kappa shape index (κ3) is 2.57. The van der Waals surface area contributed by atoms with Crippen LogP contribution in [0, 0.1) is 0 Å². The smallest absolute Gasteiger partial charge is 0.106 e. The standard InChI is InChI=1S/C11H15NO2/c1-9(12-14-3)11-7-5-4-6-10(11)8-13-2/h4-7H,8H2,1-3H3/b12-9-. The minimum atomic E-state index is 0.590. The van der Waals surface area contributed by atoms with Crippen LogP contribution in [0.3, 0.4) is 0 Å². The molecule has 0 unspecified atom stereocenters. The van der Waals surface area contributed by atoms with Gasteiger partial charge in [-0.1, -0.05) is 29.4 Å². The molecule has 1 rings (SSSR count). The van der Waals surface area contributed by atoms with Crippen molar-refractivity contribution < 1.29 is 9.57 Å². The van der Waals surface area contributed by atoms with Gasteiger partial charge in [-0.3, -0.25) is 0 Å². The first-order valence-electron chi connectivity index (χ1n) is 4.44. The molecule has 0 N–H and O–H groups in total. The summed E-state index contributed by atoms with van der Waals surface area (Å²) in [5.74, 6) is 0. The second kappa shape index (κ2) is 5.40. The lowest BCUT2D eigenvalue weighted by Crippen LogP contribution is -2.02. The summed E-state index contributed by atoms with van der Waals surface area (Å²) < 4.78 is 5.10. The zero-order valence-electron chi connectivity index (χ0n) is 8.78. The fourth-order valence-corrected chi connectivity index (χ4v) is 1.34. The highest BCUT2D eigenvalue weighted by Gasteiger charge is 2.04. The van der Waals surface area contributed by atoms with Crippen molar-refractivity contribution in [1.29, 1.82) is 0 Å². The van der Waals surface area contributed by atoms with E-state index in [-0.39, 0.29) is 0 Å². The van der Waals surface area contributed by atoms with Gasteiger partial charge in [0.2, 0.25) is 0 Å². The molecule has 0 heterocycles. The van der Waals surface area contributed by atoms with Crippen molar-refractivity contribution in [3.05, 3.63) is 35.4 Å². The van der Waals surface area contributed by atoms with Crippen molar-refractivity contribution in [2.24, 2.45) is 5.16 Å². The van der Waals surface area contributed by atoms with Gasteiger partial charge in [0.1, 0.15) is 7.11 Å². The summed E-state index contributed by atoms with van der Waals surface area (Å²) in [7, 11) is 3.22. The molecule has 0 atom stereocenters. The predicted octanol–water partition coefficient (Wildman–Crippen LogP) is 2.20. The Morgan fingerprint density at radius 1 is 1.29 bits per heavy atom. The Morgan fingerprint density at radius 3 is 2.64 bits per heavy atom. The summed E-state index contributed by atoms with van der Waals surface area (Å²) in [4.78, 5) is 4.74. The summed E-state index contributed by atoms with van der Waals surface area (Å²) in [5, 5.41) is 3.90. The maximum absolute atomic E-state index is 5.10. The highest BCUT2D eigenvalue weighted by atomic mass is 16.6. The van der Waals surface area contributed by atoms with Gasteiger partial charge in [0, 0.05) is 12.7 Å². The molecule has 1 aromatic rings. The van der Waals surface area contributed by atoms with E-state index in [1.165, 1.54) is 0 Å². The fraction of sp³-hybridized carbons (Fsp3) is 0.364. The molecule has 3 heteroatoms. The molecule has 1 aromatic carbocycles. The second-order valence-corrected chi connectivity index (χ2v) is 2.95. The van der Waals surface area contributed by atoms with Crippen LogP contribution in [0.4, 0.5) is 0 Å². The molecule has 0 saturated carbocycles. The van der Waals surface area contributed by atoms with Crippen molar-refractivity contribution in [3.8, 4) is 0 Å². The van der Waals surface area contributed by atoms with Gasteiger partial charge in [-0.05, 0) is 12.5 Å². The maximum atomic E-state index is 5.10. The topological polar surface area (TPSA) is 30.8 Å². The van der Waals surface area contributed by atoms with Crippen LogP contribution < -0.4 is 0 Å². The van der Waals surface area contributed by atoms with Crippen LogP contribution in [-0.4, -0.2) is 19.9 Å². The number of oxime groups is 1. The average molecular weight is 193 g/mol. The highest BCUT2D eigenvalue weighted by molar-refractivity contribution is 5.99. The summed E-state index contributed by atoms with van der Waals surface area (Å²) in [6.07, 6.45) is 0. The lowest BCUT2D eigenvalue weighted by atomic mass is 10.0. The minimum absolute atomic E-state index is 0.590. The highest BCUT2D eigenvalue weighted by Crippen LogP contribution is 2.11. The van der Waals surface area contributed by atoms with E-state index in [2.05, 4.69) is 5.16 Å². The number of hydrogen-bond donors (Lipinski definition) is 0. The number of benzene rings is 1. The first-order chi connectivity index (χ1) is 6.79. The molecule has 0 aliphatic carbocycles. The molecule has 76 valence electrons. The zero-order valence-corrected chi connectivity index (χ0v) is 8.78. The van der Waals surface area contributed by atoms with Crippen molar-refractivity contribution in [1.82, 2.24) is 0 Å². The molecular weight excluding hydrogens is 178 g/mol. The predicted molar refractivity (Wildman–Crippen MR) is 56.4 cm³/mol. The van der Waals surface area contributed by atoms with Crippen LogP contribution in [-0.2, 0) is 16.2 Å². The fourth-order valence-electron chi connectivity index (χ4n) is 1.34. The molecule has 0 radical (unpaired) electrons. The number of rotatable bonds is 4. The van der Waals surface area contributed by atoms with Crippen molar-refractivity contribution in [3.63, 3.8) is 0 Å². The Bertz CT molecular complexity index is 321. The van der Waals surface area contributed by atoms with E-state index in [1.807, 2.05) is 31.2 Å². The molecule has 0 bridgehead atoms. The second-order valence-electron chi connectivity index (χ2n) is 2.95. The number of ether oxygens (including phenoxy) is 1. The molecule has 3 nitrogen and oxygen atoms in total. The van der Waals surface area contributed by atoms with E-state index in [1.54, 1.807) is 14.2 Å². The van der Waals surface area contributed by atoms with Gasteiger partial charge in [-0.15, -0.1) is 0 Å². The number of methoxy groups -OCH3 is 1. The lowest BCUT2D eigenvalue weighted by molar-refractivity contribution is 0.184. The molecule has 0 saturated heterocycles. The maximum Gasteiger partial charge on any atom is 0.106 e. The Balaban J connectivity index is 3.00. The van der Waals surface area contributed by atoms with Crippen LogP contribution >= 0.6 is 0 Å². The van der Waals surface area contributed by atoms with Crippen molar-refractivity contribution in [2.45, 2.75) is 13.5 Å². The van der Waals surface area contributed by atoms with Gasteiger partial charge in [0.25, 0.3) is 0 Å². The molecule has 0 spiro atoms. The van der Waals surface area contributed by atoms with E-state index in [0.29, 0.717) is 6.61 Å². The van der Waals surface area contributed by atoms with Crippen molar-refractivity contribution >= 4 is 5.71 Å². The Morgan fingerprint density at radius 2 is 2.00 bits per heavy atom. The van der Waals surface area contributed by atoms with Crippen LogP contribution in [0.5, 0.6) is 0 Å². The summed E-state index contributed by atoms with van der Waals surface area (Å²) in [6, 6.07) is 7.99. The molecular formula is C11H15NO2. The van der Waals surface area contributed by atoms with Crippen molar-refractivity contribution in [2.75, 3.05) is 14.2 Å². The van der Waals surface area contributed by atoms with Crippen LogP contribution in [0.1, 0.15) is 18.1 Å². The SMILES string of the molecule is COCc1ccccc1/C(C)=N\OC. The third-order valence-electron chi connectivity index (χ3n) is 1.94. The number of nitrogens with zero attached hydrogens (tertiary/aromatic N) is 1. The summed E-state index contributed by atoms with van der Waals surface area (Å²) in [6.45, 7) is 2.50. The zero-order chi connectivity index (χ0) is 10.4. The van der Waals surface area contributed by atoms with Gasteiger partial charge in [0.05, 0.1) is 12.3 Å². The third-order valence-corrected chi connectivity index (χ3v) is 1.94. The molecule has 0 aliphatic heterocycles. The van der Waals surface area contributed by atoms with E-state index >= 15 is 0 Å². The monoisotopic (exact) mass is 193 g/mol. The quantitative estimate of drug-likeness (QED) is 0.542. The average Bonchev–Trinajstić information content (AvgIpc) is 2.19. The molecule has 0 amide bonds. The first kappa shape index (κ1) is 10.7. The van der Waals surface area contributed by atoms with Gasteiger partial charge >= 0.3 is 0 Å². The molecule has 0 fully saturated rings. The largest absolute Gasteiger partial charge is 0.399 e.